The second-order valence-electron chi connectivity index (χ2n) is 4.92. The van der Waals surface area contributed by atoms with Gasteiger partial charge in [-0.1, -0.05) is 25.4 Å². The molecule has 0 saturated heterocycles. The Balaban J connectivity index is 2.42. The number of hydrogen-bond acceptors (Lipinski definition) is 2. The van der Waals surface area contributed by atoms with Crippen molar-refractivity contribution < 1.29 is 5.21 Å². The van der Waals surface area contributed by atoms with Gasteiger partial charge in [0.25, 0.3) is 0 Å². The molecule has 2 unspecified atom stereocenters. The Bertz CT molecular complexity index is 216. The predicted octanol–water partition coefficient (Wildman–Crippen LogP) is 2.81. The van der Waals surface area contributed by atoms with Crippen molar-refractivity contribution in [2.75, 3.05) is 0 Å². The fourth-order valence-corrected chi connectivity index (χ4v) is 3.11. The Morgan fingerprint density at radius 3 is 1.92 bits per heavy atom. The molecular weight excluding hydrogens is 150 g/mol. The summed E-state index contributed by atoms with van der Waals surface area (Å²) in [6, 6.07) is 0. The molecule has 68 valence electrons. The van der Waals surface area contributed by atoms with Crippen molar-refractivity contribution in [2.45, 2.75) is 46.0 Å². The summed E-state index contributed by atoms with van der Waals surface area (Å²) in [5, 5.41) is 12.5. The topological polar surface area (TPSA) is 32.6 Å². The molecule has 2 aliphatic carbocycles. The van der Waals surface area contributed by atoms with Gasteiger partial charge in [-0.15, -0.1) is 0 Å². The van der Waals surface area contributed by atoms with Crippen LogP contribution in [0.3, 0.4) is 0 Å². The number of oxime groups is 1. The third-order valence-electron chi connectivity index (χ3n) is 3.93. The number of hydrogen-bond donors (Lipinski definition) is 1. The van der Waals surface area contributed by atoms with E-state index in [0.29, 0.717) is 0 Å². The average molecular weight is 167 g/mol. The molecule has 2 rings (SSSR count). The van der Waals surface area contributed by atoms with E-state index in [1.54, 1.807) is 0 Å². The fraction of sp³-hybridized carbons (Fsp3) is 0.900. The molecule has 0 radical (unpaired) electrons. The zero-order valence-electron chi connectivity index (χ0n) is 7.93. The lowest BCUT2D eigenvalue weighted by Crippen LogP contribution is -2.36. The molecule has 2 heteroatoms. The van der Waals surface area contributed by atoms with E-state index in [0.717, 1.165) is 5.71 Å². The Kier molecular flexibility index (Phi) is 1.51. The summed E-state index contributed by atoms with van der Waals surface area (Å²) in [5.41, 5.74) is 1.52. The van der Waals surface area contributed by atoms with E-state index < -0.39 is 0 Å². The Morgan fingerprint density at radius 2 is 1.58 bits per heavy atom. The van der Waals surface area contributed by atoms with Crippen LogP contribution in [0.25, 0.3) is 0 Å². The molecule has 2 fully saturated rings. The van der Waals surface area contributed by atoms with Gasteiger partial charge in [-0.05, 0) is 25.7 Å². The largest absolute Gasteiger partial charge is 0.411 e. The maximum atomic E-state index is 8.99. The van der Waals surface area contributed by atoms with Gasteiger partial charge in [-0.2, -0.15) is 0 Å². The van der Waals surface area contributed by atoms with E-state index in [1.165, 1.54) is 32.1 Å². The van der Waals surface area contributed by atoms with Crippen LogP contribution in [0, 0.1) is 10.8 Å². The molecule has 0 spiro atoms. The molecule has 2 nitrogen and oxygen atoms in total. The van der Waals surface area contributed by atoms with Crippen LogP contribution in [-0.2, 0) is 0 Å². The normalized spacial score (nSPS) is 46.3. The molecule has 0 heterocycles. The molecule has 2 atom stereocenters. The van der Waals surface area contributed by atoms with Gasteiger partial charge in [0.2, 0.25) is 0 Å². The molecule has 2 saturated carbocycles. The average Bonchev–Trinajstić information content (AvgIpc) is 2.14. The standard InChI is InChI=1S/C10H17NO/c1-9-4-3-5-10(2,7-6-9)8(9)11-12/h12H,3-7H2,1-2H3. The summed E-state index contributed by atoms with van der Waals surface area (Å²) in [6.07, 6.45) is 6.14. The molecule has 0 aliphatic heterocycles. The van der Waals surface area contributed by atoms with E-state index >= 15 is 0 Å². The van der Waals surface area contributed by atoms with E-state index in [-0.39, 0.29) is 10.8 Å². The van der Waals surface area contributed by atoms with E-state index in [1.807, 2.05) is 0 Å². The van der Waals surface area contributed by atoms with Crippen LogP contribution in [0.1, 0.15) is 46.0 Å². The van der Waals surface area contributed by atoms with Gasteiger partial charge >= 0.3 is 0 Å². The molecule has 1 N–H and O–H groups in total. The summed E-state index contributed by atoms with van der Waals surface area (Å²) in [4.78, 5) is 0. The van der Waals surface area contributed by atoms with Crippen LogP contribution in [-0.4, -0.2) is 10.9 Å². The van der Waals surface area contributed by atoms with E-state index in [9.17, 15) is 0 Å². The highest BCUT2D eigenvalue weighted by atomic mass is 16.4. The van der Waals surface area contributed by atoms with Crippen LogP contribution in [0.2, 0.25) is 0 Å². The summed E-state index contributed by atoms with van der Waals surface area (Å²) < 4.78 is 0. The third kappa shape index (κ3) is 0.838. The summed E-state index contributed by atoms with van der Waals surface area (Å²) >= 11 is 0. The van der Waals surface area contributed by atoms with Gasteiger partial charge in [-0.3, -0.25) is 0 Å². The van der Waals surface area contributed by atoms with Gasteiger partial charge in [0.15, 0.2) is 0 Å². The number of nitrogens with zero attached hydrogens (tertiary/aromatic N) is 1. The lowest BCUT2D eigenvalue weighted by molar-refractivity contribution is 0.280. The van der Waals surface area contributed by atoms with Gasteiger partial charge in [-0.25, -0.2) is 0 Å². The zero-order chi connectivity index (χ0) is 8.82. The minimum atomic E-state index is 0.224. The Morgan fingerprint density at radius 1 is 1.08 bits per heavy atom. The van der Waals surface area contributed by atoms with Crippen molar-refractivity contribution in [1.82, 2.24) is 0 Å². The van der Waals surface area contributed by atoms with Crippen molar-refractivity contribution in [3.8, 4) is 0 Å². The van der Waals surface area contributed by atoms with Gasteiger partial charge in [0.1, 0.15) is 0 Å². The van der Waals surface area contributed by atoms with Crippen LogP contribution in [0.5, 0.6) is 0 Å². The summed E-state index contributed by atoms with van der Waals surface area (Å²) in [7, 11) is 0. The quantitative estimate of drug-likeness (QED) is 0.436. The SMILES string of the molecule is CC12CCCC(C)(CC1)C2=NO. The molecule has 0 aromatic rings. The minimum Gasteiger partial charge on any atom is -0.411 e. The first kappa shape index (κ1) is 8.09. The van der Waals surface area contributed by atoms with Gasteiger partial charge in [0.05, 0.1) is 5.71 Å². The van der Waals surface area contributed by atoms with Crippen LogP contribution >= 0.6 is 0 Å². The van der Waals surface area contributed by atoms with Gasteiger partial charge in [0, 0.05) is 10.8 Å². The van der Waals surface area contributed by atoms with Crippen molar-refractivity contribution in [3.63, 3.8) is 0 Å². The monoisotopic (exact) mass is 167 g/mol. The lowest BCUT2D eigenvalue weighted by Gasteiger charge is -2.35. The van der Waals surface area contributed by atoms with Crippen LogP contribution in [0.4, 0.5) is 0 Å². The third-order valence-corrected chi connectivity index (χ3v) is 3.93. The van der Waals surface area contributed by atoms with Crippen LogP contribution in [0.15, 0.2) is 5.16 Å². The van der Waals surface area contributed by atoms with Crippen LogP contribution < -0.4 is 0 Å². The molecule has 2 aliphatic rings. The van der Waals surface area contributed by atoms with Crippen molar-refractivity contribution >= 4 is 5.71 Å². The van der Waals surface area contributed by atoms with Gasteiger partial charge < -0.3 is 5.21 Å². The van der Waals surface area contributed by atoms with E-state index in [2.05, 4.69) is 19.0 Å². The fourth-order valence-electron chi connectivity index (χ4n) is 3.11. The first-order valence-corrected chi connectivity index (χ1v) is 4.84. The molecule has 0 aromatic heterocycles. The Hall–Kier alpha value is -0.530. The zero-order valence-corrected chi connectivity index (χ0v) is 7.93. The number of rotatable bonds is 0. The highest BCUT2D eigenvalue weighted by Gasteiger charge is 2.52. The maximum Gasteiger partial charge on any atom is 0.0688 e. The smallest absolute Gasteiger partial charge is 0.0688 e. The van der Waals surface area contributed by atoms with Crippen molar-refractivity contribution in [3.05, 3.63) is 0 Å². The molecule has 0 aromatic carbocycles. The molecule has 2 bridgehead atoms. The first-order valence-electron chi connectivity index (χ1n) is 4.84. The second kappa shape index (κ2) is 2.24. The maximum absolute atomic E-state index is 8.99. The van der Waals surface area contributed by atoms with Crippen molar-refractivity contribution in [1.29, 1.82) is 0 Å². The predicted molar refractivity (Wildman–Crippen MR) is 48.5 cm³/mol. The lowest BCUT2D eigenvalue weighted by atomic mass is 9.69. The number of fused-ring (bicyclic) bond motifs is 2. The second-order valence-corrected chi connectivity index (χ2v) is 4.92. The molecule has 0 amide bonds. The summed E-state index contributed by atoms with van der Waals surface area (Å²) in [6.45, 7) is 4.49. The summed E-state index contributed by atoms with van der Waals surface area (Å²) in [5.74, 6) is 0. The van der Waals surface area contributed by atoms with E-state index in [4.69, 9.17) is 5.21 Å². The first-order chi connectivity index (χ1) is 5.61. The highest BCUT2D eigenvalue weighted by Crippen LogP contribution is 2.55. The minimum absolute atomic E-state index is 0.224. The Labute approximate surface area is 73.7 Å². The van der Waals surface area contributed by atoms with Crippen molar-refractivity contribution in [2.24, 2.45) is 16.0 Å². The highest BCUT2D eigenvalue weighted by molar-refractivity contribution is 5.96. The molecular formula is C10H17NO. The molecule has 12 heavy (non-hydrogen) atoms.